The first kappa shape index (κ1) is 10.8. The summed E-state index contributed by atoms with van der Waals surface area (Å²) in [5.41, 5.74) is 5.46. The van der Waals surface area contributed by atoms with E-state index in [0.29, 0.717) is 5.13 Å². The molecule has 1 aromatic heterocycles. The van der Waals surface area contributed by atoms with Crippen molar-refractivity contribution < 1.29 is 0 Å². The summed E-state index contributed by atoms with van der Waals surface area (Å²) >= 11 is 3.23. The van der Waals surface area contributed by atoms with E-state index in [-0.39, 0.29) is 0 Å². The highest BCUT2D eigenvalue weighted by Crippen LogP contribution is 2.24. The molecule has 3 nitrogen and oxygen atoms in total. The largest absolute Gasteiger partial charge is 0.374 e. The Morgan fingerprint density at radius 1 is 1.31 bits per heavy atom. The summed E-state index contributed by atoms with van der Waals surface area (Å²) in [7, 11) is 0. The average molecular weight is 217 g/mol. The van der Waals surface area contributed by atoms with Crippen LogP contribution in [-0.2, 0) is 0 Å². The topological polar surface area (TPSA) is 51.8 Å². The summed E-state index contributed by atoms with van der Waals surface area (Å²) in [5, 5.41) is 8.26. The minimum atomic E-state index is 0.566. The molecule has 0 spiro atoms. The molecule has 0 saturated heterocycles. The van der Waals surface area contributed by atoms with Crippen molar-refractivity contribution >= 4 is 28.2 Å². The third kappa shape index (κ3) is 4.47. The summed E-state index contributed by atoms with van der Waals surface area (Å²) in [4.78, 5) is 0. The molecule has 0 aliphatic rings. The van der Waals surface area contributed by atoms with Crippen molar-refractivity contribution in [2.24, 2.45) is 0 Å². The number of nitrogens with zero attached hydrogens (tertiary/aromatic N) is 2. The zero-order chi connectivity index (χ0) is 9.52. The van der Waals surface area contributed by atoms with Gasteiger partial charge in [0.2, 0.25) is 5.13 Å². The number of aromatic nitrogens is 2. The maximum Gasteiger partial charge on any atom is 0.203 e. The lowest BCUT2D eigenvalue weighted by Gasteiger charge is -1.96. The zero-order valence-electron chi connectivity index (χ0n) is 7.82. The van der Waals surface area contributed by atoms with Crippen LogP contribution in [0.4, 0.5) is 5.13 Å². The van der Waals surface area contributed by atoms with Gasteiger partial charge in [0.1, 0.15) is 0 Å². The molecule has 74 valence electrons. The quantitative estimate of drug-likeness (QED) is 0.588. The van der Waals surface area contributed by atoms with Gasteiger partial charge in [0.25, 0.3) is 0 Å². The van der Waals surface area contributed by atoms with Gasteiger partial charge in [-0.15, -0.1) is 10.2 Å². The summed E-state index contributed by atoms with van der Waals surface area (Å²) in [6, 6.07) is 0. The Balaban J connectivity index is 2.06. The van der Waals surface area contributed by atoms with Crippen LogP contribution in [0.15, 0.2) is 4.34 Å². The Bertz CT molecular complexity index is 237. The molecule has 0 aromatic carbocycles. The van der Waals surface area contributed by atoms with Gasteiger partial charge in [-0.1, -0.05) is 49.3 Å². The number of unbranched alkanes of at least 4 members (excludes halogenated alkanes) is 3. The smallest absolute Gasteiger partial charge is 0.203 e. The number of thioether (sulfide) groups is 1. The second-order valence-corrected chi connectivity index (χ2v) is 5.17. The third-order valence-corrected chi connectivity index (χ3v) is 3.62. The second kappa shape index (κ2) is 6.21. The summed E-state index contributed by atoms with van der Waals surface area (Å²) in [5.74, 6) is 1.13. The van der Waals surface area contributed by atoms with Gasteiger partial charge in [0.05, 0.1) is 0 Å². The van der Waals surface area contributed by atoms with Gasteiger partial charge in [-0.3, -0.25) is 0 Å². The van der Waals surface area contributed by atoms with Crippen molar-refractivity contribution in [3.8, 4) is 0 Å². The molecule has 1 aromatic rings. The molecule has 13 heavy (non-hydrogen) atoms. The van der Waals surface area contributed by atoms with Crippen molar-refractivity contribution in [2.45, 2.75) is 36.9 Å². The Hall–Kier alpha value is -0.290. The minimum absolute atomic E-state index is 0.566. The van der Waals surface area contributed by atoms with Crippen molar-refractivity contribution in [3.63, 3.8) is 0 Å². The first-order valence-electron chi connectivity index (χ1n) is 4.54. The highest BCUT2D eigenvalue weighted by Gasteiger charge is 2.00. The van der Waals surface area contributed by atoms with Gasteiger partial charge in [0.15, 0.2) is 4.34 Å². The van der Waals surface area contributed by atoms with E-state index in [0.717, 1.165) is 10.1 Å². The Morgan fingerprint density at radius 2 is 2.15 bits per heavy atom. The molecule has 0 unspecified atom stereocenters. The molecular weight excluding hydrogens is 202 g/mol. The van der Waals surface area contributed by atoms with Crippen LogP contribution in [0, 0.1) is 0 Å². The van der Waals surface area contributed by atoms with Gasteiger partial charge in [-0.2, -0.15) is 0 Å². The lowest BCUT2D eigenvalue weighted by molar-refractivity contribution is 0.706. The van der Waals surface area contributed by atoms with Gasteiger partial charge in [-0.05, 0) is 6.42 Å². The molecule has 0 saturated carbocycles. The van der Waals surface area contributed by atoms with Crippen LogP contribution in [-0.4, -0.2) is 16.0 Å². The van der Waals surface area contributed by atoms with E-state index in [4.69, 9.17) is 5.73 Å². The van der Waals surface area contributed by atoms with Crippen LogP contribution >= 0.6 is 23.1 Å². The average Bonchev–Trinajstić information content (AvgIpc) is 2.51. The predicted octanol–water partition coefficient (Wildman–Crippen LogP) is 2.79. The first-order chi connectivity index (χ1) is 6.33. The number of anilines is 1. The van der Waals surface area contributed by atoms with Crippen molar-refractivity contribution in [2.75, 3.05) is 11.5 Å². The molecule has 1 rings (SSSR count). The molecule has 0 aliphatic heterocycles. The van der Waals surface area contributed by atoms with Gasteiger partial charge < -0.3 is 5.73 Å². The number of hydrogen-bond donors (Lipinski definition) is 1. The molecule has 0 atom stereocenters. The summed E-state index contributed by atoms with van der Waals surface area (Å²) in [6.45, 7) is 2.22. The normalized spacial score (nSPS) is 10.5. The van der Waals surface area contributed by atoms with Crippen LogP contribution in [0.1, 0.15) is 32.6 Å². The number of nitrogen functional groups attached to an aromatic ring is 1. The highest BCUT2D eigenvalue weighted by atomic mass is 32.2. The van der Waals surface area contributed by atoms with Crippen LogP contribution in [0.2, 0.25) is 0 Å². The minimum Gasteiger partial charge on any atom is -0.374 e. The summed E-state index contributed by atoms with van der Waals surface area (Å²) in [6.07, 6.45) is 5.20. The molecule has 0 aliphatic carbocycles. The van der Waals surface area contributed by atoms with E-state index in [1.807, 2.05) is 0 Å². The fourth-order valence-corrected chi connectivity index (χ4v) is 2.67. The second-order valence-electron chi connectivity index (χ2n) is 2.82. The molecule has 0 bridgehead atoms. The van der Waals surface area contributed by atoms with E-state index < -0.39 is 0 Å². The predicted molar refractivity (Wildman–Crippen MR) is 59.2 cm³/mol. The van der Waals surface area contributed by atoms with Crippen LogP contribution in [0.25, 0.3) is 0 Å². The van der Waals surface area contributed by atoms with E-state index in [9.17, 15) is 0 Å². The number of hydrogen-bond acceptors (Lipinski definition) is 5. The highest BCUT2D eigenvalue weighted by molar-refractivity contribution is 8.01. The monoisotopic (exact) mass is 217 g/mol. The fraction of sp³-hybridized carbons (Fsp3) is 0.750. The maximum absolute atomic E-state index is 5.46. The molecule has 5 heteroatoms. The van der Waals surface area contributed by atoms with E-state index in [1.54, 1.807) is 11.8 Å². The third-order valence-electron chi connectivity index (χ3n) is 1.65. The zero-order valence-corrected chi connectivity index (χ0v) is 9.46. The van der Waals surface area contributed by atoms with Crippen molar-refractivity contribution in [3.05, 3.63) is 0 Å². The van der Waals surface area contributed by atoms with E-state index in [1.165, 1.54) is 37.0 Å². The number of rotatable bonds is 6. The van der Waals surface area contributed by atoms with Crippen LogP contribution in [0.5, 0.6) is 0 Å². The fourth-order valence-electron chi connectivity index (χ4n) is 0.967. The van der Waals surface area contributed by atoms with Crippen LogP contribution in [0.3, 0.4) is 0 Å². The SMILES string of the molecule is CCCCCCSc1nnc(N)s1. The van der Waals surface area contributed by atoms with Gasteiger partial charge in [-0.25, -0.2) is 0 Å². The summed E-state index contributed by atoms with van der Waals surface area (Å²) < 4.78 is 0.994. The Morgan fingerprint density at radius 3 is 2.77 bits per heavy atom. The van der Waals surface area contributed by atoms with E-state index in [2.05, 4.69) is 17.1 Å². The van der Waals surface area contributed by atoms with Crippen LogP contribution < -0.4 is 5.73 Å². The van der Waals surface area contributed by atoms with Crippen molar-refractivity contribution in [1.82, 2.24) is 10.2 Å². The first-order valence-corrected chi connectivity index (χ1v) is 6.35. The van der Waals surface area contributed by atoms with Gasteiger partial charge in [0, 0.05) is 5.75 Å². The lowest BCUT2D eigenvalue weighted by Crippen LogP contribution is -1.81. The Kier molecular flexibility index (Phi) is 5.15. The molecule has 2 N–H and O–H groups in total. The molecular formula is C8H15N3S2. The molecule has 0 radical (unpaired) electrons. The standard InChI is InChI=1S/C8H15N3S2/c1-2-3-4-5-6-12-8-11-10-7(9)13-8/h2-6H2,1H3,(H2,9,10). The molecule has 0 fully saturated rings. The van der Waals surface area contributed by atoms with Crippen molar-refractivity contribution in [1.29, 1.82) is 0 Å². The Labute approximate surface area is 87.1 Å². The maximum atomic E-state index is 5.46. The molecule has 1 heterocycles. The van der Waals surface area contributed by atoms with Gasteiger partial charge >= 0.3 is 0 Å². The van der Waals surface area contributed by atoms with E-state index >= 15 is 0 Å². The number of nitrogens with two attached hydrogens (primary N) is 1. The lowest BCUT2D eigenvalue weighted by atomic mass is 10.2. The molecule has 0 amide bonds.